The first-order chi connectivity index (χ1) is 10.2. The fourth-order valence-electron chi connectivity index (χ4n) is 4.90. The predicted octanol–water partition coefficient (Wildman–Crippen LogP) is 3.52. The van der Waals surface area contributed by atoms with Crippen LogP contribution in [-0.4, -0.2) is 15.6 Å². The van der Waals surface area contributed by atoms with Crippen molar-refractivity contribution >= 4 is 11.0 Å². The van der Waals surface area contributed by atoms with E-state index in [0.29, 0.717) is 18.0 Å². The van der Waals surface area contributed by atoms with Gasteiger partial charge in [-0.25, -0.2) is 4.98 Å². The van der Waals surface area contributed by atoms with Crippen LogP contribution >= 0.6 is 0 Å². The molecule has 3 aliphatic carbocycles. The summed E-state index contributed by atoms with van der Waals surface area (Å²) >= 11 is 0. The SMILES string of the molecule is Cc1ccc2c(c1)nc(C1C3CCC(C3)C1N)n2C1CC1. The van der Waals surface area contributed by atoms with Gasteiger partial charge in [-0.2, -0.15) is 0 Å². The molecule has 4 atom stereocenters. The van der Waals surface area contributed by atoms with Crippen molar-refractivity contribution < 1.29 is 0 Å². The number of imidazole rings is 1. The van der Waals surface area contributed by atoms with Crippen LogP contribution in [0.5, 0.6) is 0 Å². The summed E-state index contributed by atoms with van der Waals surface area (Å²) in [6, 6.07) is 7.72. The number of hydrogen-bond acceptors (Lipinski definition) is 2. The third-order valence-electron chi connectivity index (χ3n) is 6.06. The lowest BCUT2D eigenvalue weighted by molar-refractivity contribution is 0.347. The lowest BCUT2D eigenvalue weighted by atomic mass is 9.84. The molecule has 0 spiro atoms. The van der Waals surface area contributed by atoms with E-state index in [0.717, 1.165) is 11.8 Å². The van der Waals surface area contributed by atoms with Gasteiger partial charge in [0.25, 0.3) is 0 Å². The highest BCUT2D eigenvalue weighted by Crippen LogP contribution is 2.53. The van der Waals surface area contributed by atoms with E-state index in [-0.39, 0.29) is 0 Å². The average molecular weight is 281 g/mol. The van der Waals surface area contributed by atoms with Crippen LogP contribution in [0, 0.1) is 18.8 Å². The van der Waals surface area contributed by atoms with Gasteiger partial charge in [-0.1, -0.05) is 6.07 Å². The van der Waals surface area contributed by atoms with Crippen molar-refractivity contribution in [1.29, 1.82) is 0 Å². The number of rotatable bonds is 2. The van der Waals surface area contributed by atoms with E-state index in [1.165, 1.54) is 54.5 Å². The molecule has 1 heterocycles. The average Bonchev–Trinajstić information content (AvgIpc) is 2.95. The van der Waals surface area contributed by atoms with Gasteiger partial charge < -0.3 is 10.3 Å². The summed E-state index contributed by atoms with van der Waals surface area (Å²) in [7, 11) is 0. The zero-order chi connectivity index (χ0) is 14.1. The van der Waals surface area contributed by atoms with Crippen LogP contribution in [0.4, 0.5) is 0 Å². The lowest BCUT2D eigenvalue weighted by Gasteiger charge is -2.28. The topological polar surface area (TPSA) is 43.8 Å². The molecule has 2 aromatic rings. The second kappa shape index (κ2) is 4.10. The smallest absolute Gasteiger partial charge is 0.115 e. The number of nitrogens with two attached hydrogens (primary N) is 1. The Hall–Kier alpha value is -1.35. The largest absolute Gasteiger partial charge is 0.327 e. The van der Waals surface area contributed by atoms with Crippen LogP contribution in [0.3, 0.4) is 0 Å². The molecule has 1 aromatic heterocycles. The summed E-state index contributed by atoms with van der Waals surface area (Å²) < 4.78 is 2.54. The van der Waals surface area contributed by atoms with Crippen LogP contribution in [0.15, 0.2) is 18.2 Å². The summed E-state index contributed by atoms with van der Waals surface area (Å²) in [5, 5.41) is 0. The molecule has 3 heteroatoms. The van der Waals surface area contributed by atoms with E-state index >= 15 is 0 Å². The molecule has 4 unspecified atom stereocenters. The Morgan fingerprint density at radius 3 is 2.67 bits per heavy atom. The normalized spacial score (nSPS) is 35.0. The monoisotopic (exact) mass is 281 g/mol. The maximum atomic E-state index is 6.58. The Morgan fingerprint density at radius 1 is 1.14 bits per heavy atom. The highest BCUT2D eigenvalue weighted by molar-refractivity contribution is 5.77. The van der Waals surface area contributed by atoms with Gasteiger partial charge in [0.1, 0.15) is 5.82 Å². The Kier molecular flexibility index (Phi) is 2.38. The fourth-order valence-corrected chi connectivity index (χ4v) is 4.90. The van der Waals surface area contributed by atoms with Crippen molar-refractivity contribution in [3.05, 3.63) is 29.6 Å². The molecular weight excluding hydrogens is 258 g/mol. The molecule has 21 heavy (non-hydrogen) atoms. The minimum absolute atomic E-state index is 0.333. The van der Waals surface area contributed by atoms with Gasteiger partial charge in [-0.15, -0.1) is 0 Å². The first-order valence-electron chi connectivity index (χ1n) is 8.46. The second-order valence-corrected chi connectivity index (χ2v) is 7.50. The summed E-state index contributed by atoms with van der Waals surface area (Å²) in [6.45, 7) is 2.15. The van der Waals surface area contributed by atoms with Crippen LogP contribution in [0.2, 0.25) is 0 Å². The zero-order valence-corrected chi connectivity index (χ0v) is 12.6. The quantitative estimate of drug-likeness (QED) is 0.915. The molecule has 3 saturated carbocycles. The van der Waals surface area contributed by atoms with E-state index in [1.54, 1.807) is 0 Å². The predicted molar refractivity (Wildman–Crippen MR) is 84.3 cm³/mol. The number of benzene rings is 1. The Balaban J connectivity index is 1.70. The molecule has 3 fully saturated rings. The molecule has 5 rings (SSSR count). The molecule has 0 saturated heterocycles. The third-order valence-corrected chi connectivity index (χ3v) is 6.06. The van der Waals surface area contributed by atoms with Crippen molar-refractivity contribution in [2.24, 2.45) is 17.6 Å². The van der Waals surface area contributed by atoms with Crippen LogP contribution in [-0.2, 0) is 0 Å². The van der Waals surface area contributed by atoms with Gasteiger partial charge in [0.05, 0.1) is 11.0 Å². The molecule has 3 nitrogen and oxygen atoms in total. The van der Waals surface area contributed by atoms with Gasteiger partial charge in [0.2, 0.25) is 0 Å². The van der Waals surface area contributed by atoms with Crippen LogP contribution in [0.1, 0.15) is 55.5 Å². The molecule has 2 N–H and O–H groups in total. The van der Waals surface area contributed by atoms with Crippen molar-refractivity contribution in [3.8, 4) is 0 Å². The summed E-state index contributed by atoms with van der Waals surface area (Å²) in [5.74, 6) is 3.32. The number of aryl methyl sites for hydroxylation is 1. The third kappa shape index (κ3) is 1.67. The molecule has 0 radical (unpaired) electrons. The highest BCUT2D eigenvalue weighted by Gasteiger charge is 2.49. The second-order valence-electron chi connectivity index (χ2n) is 7.50. The van der Waals surface area contributed by atoms with Crippen LogP contribution < -0.4 is 5.73 Å². The van der Waals surface area contributed by atoms with E-state index < -0.39 is 0 Å². The molecule has 1 aromatic carbocycles. The number of aromatic nitrogens is 2. The number of nitrogens with zero attached hydrogens (tertiary/aromatic N) is 2. The van der Waals surface area contributed by atoms with E-state index in [4.69, 9.17) is 10.7 Å². The summed E-state index contributed by atoms with van der Waals surface area (Å²) in [5.41, 5.74) is 10.4. The van der Waals surface area contributed by atoms with Gasteiger partial charge in [-0.3, -0.25) is 0 Å². The molecule has 2 bridgehead atoms. The van der Waals surface area contributed by atoms with Gasteiger partial charge >= 0.3 is 0 Å². The Morgan fingerprint density at radius 2 is 1.95 bits per heavy atom. The minimum atomic E-state index is 0.333. The maximum Gasteiger partial charge on any atom is 0.115 e. The number of fused-ring (bicyclic) bond motifs is 3. The summed E-state index contributed by atoms with van der Waals surface area (Å²) in [4.78, 5) is 5.07. The van der Waals surface area contributed by atoms with Crippen molar-refractivity contribution in [3.63, 3.8) is 0 Å². The molecule has 3 aliphatic rings. The van der Waals surface area contributed by atoms with Crippen LogP contribution in [0.25, 0.3) is 11.0 Å². The molecule has 0 amide bonds. The Bertz CT molecular complexity index is 711. The first-order valence-corrected chi connectivity index (χ1v) is 8.46. The first kappa shape index (κ1) is 12.2. The van der Waals surface area contributed by atoms with E-state index in [2.05, 4.69) is 29.7 Å². The zero-order valence-electron chi connectivity index (χ0n) is 12.6. The standard InChI is InChI=1S/C18H23N3/c1-10-2-7-15-14(8-10)20-18(21(15)13-5-6-13)16-11-3-4-12(9-11)17(16)19/h2,7-8,11-13,16-17H,3-6,9,19H2,1H3. The molecular formula is C18H23N3. The molecule has 110 valence electrons. The summed E-state index contributed by atoms with van der Waals surface area (Å²) in [6.07, 6.45) is 6.64. The lowest BCUT2D eigenvalue weighted by Crippen LogP contribution is -2.35. The number of hydrogen-bond donors (Lipinski definition) is 1. The van der Waals surface area contributed by atoms with Gasteiger partial charge in [0.15, 0.2) is 0 Å². The van der Waals surface area contributed by atoms with Gasteiger partial charge in [0, 0.05) is 18.0 Å². The van der Waals surface area contributed by atoms with E-state index in [9.17, 15) is 0 Å². The Labute approximate surface area is 125 Å². The van der Waals surface area contributed by atoms with E-state index in [1.807, 2.05) is 0 Å². The minimum Gasteiger partial charge on any atom is -0.327 e. The molecule has 0 aliphatic heterocycles. The van der Waals surface area contributed by atoms with Crippen molar-refractivity contribution in [2.45, 2.75) is 57.0 Å². The highest BCUT2D eigenvalue weighted by atomic mass is 15.1. The fraction of sp³-hybridized carbons (Fsp3) is 0.611. The van der Waals surface area contributed by atoms with Gasteiger partial charge in [-0.05, 0) is 68.6 Å². The maximum absolute atomic E-state index is 6.58. The van der Waals surface area contributed by atoms with Crippen molar-refractivity contribution in [1.82, 2.24) is 9.55 Å². The van der Waals surface area contributed by atoms with Crippen molar-refractivity contribution in [2.75, 3.05) is 0 Å².